The van der Waals surface area contributed by atoms with E-state index in [9.17, 15) is 0 Å². The van der Waals surface area contributed by atoms with Crippen molar-refractivity contribution >= 4 is 53.0 Å². The molecule has 7 heteroatoms. The number of aliphatic imine (C=N–C) groups is 1. The van der Waals surface area contributed by atoms with Crippen molar-refractivity contribution in [2.24, 2.45) is 10.7 Å². The SMILES string of the molecule is I.NC(=NCc1csc(CCc2ccccc2)n1)N1CCSCC1. The van der Waals surface area contributed by atoms with Crippen molar-refractivity contribution in [1.29, 1.82) is 0 Å². The van der Waals surface area contributed by atoms with Gasteiger partial charge in [0, 0.05) is 36.4 Å². The summed E-state index contributed by atoms with van der Waals surface area (Å²) in [5.74, 6) is 2.93. The van der Waals surface area contributed by atoms with Gasteiger partial charge in [-0.15, -0.1) is 35.3 Å². The van der Waals surface area contributed by atoms with Crippen molar-refractivity contribution in [3.8, 4) is 0 Å². The minimum Gasteiger partial charge on any atom is -0.370 e. The van der Waals surface area contributed by atoms with Crippen LogP contribution in [0.4, 0.5) is 0 Å². The van der Waals surface area contributed by atoms with E-state index in [2.05, 4.69) is 50.6 Å². The fourth-order valence-electron chi connectivity index (χ4n) is 2.49. The predicted octanol–water partition coefficient (Wildman–Crippen LogP) is 3.41. The van der Waals surface area contributed by atoms with Gasteiger partial charge in [-0.1, -0.05) is 30.3 Å². The maximum absolute atomic E-state index is 6.08. The van der Waals surface area contributed by atoms with Gasteiger partial charge in [-0.3, -0.25) is 0 Å². The Kier molecular flexibility index (Phi) is 8.34. The van der Waals surface area contributed by atoms with Crippen LogP contribution in [0, 0.1) is 0 Å². The normalized spacial score (nSPS) is 15.2. The van der Waals surface area contributed by atoms with Crippen LogP contribution in [0.1, 0.15) is 16.3 Å². The van der Waals surface area contributed by atoms with Crippen molar-refractivity contribution in [3.63, 3.8) is 0 Å². The van der Waals surface area contributed by atoms with Gasteiger partial charge in [0.15, 0.2) is 5.96 Å². The summed E-state index contributed by atoms with van der Waals surface area (Å²) >= 11 is 3.69. The molecule has 24 heavy (non-hydrogen) atoms. The predicted molar refractivity (Wildman–Crippen MR) is 116 cm³/mol. The summed E-state index contributed by atoms with van der Waals surface area (Å²) in [5, 5.41) is 3.27. The van der Waals surface area contributed by atoms with Crippen LogP contribution in [0.2, 0.25) is 0 Å². The summed E-state index contributed by atoms with van der Waals surface area (Å²) in [4.78, 5) is 11.3. The molecule has 1 fully saturated rings. The Balaban J connectivity index is 0.00000208. The Morgan fingerprint density at radius 2 is 1.92 bits per heavy atom. The number of guanidine groups is 1. The molecule has 0 radical (unpaired) electrons. The van der Waals surface area contributed by atoms with Gasteiger partial charge in [0.05, 0.1) is 17.2 Å². The van der Waals surface area contributed by atoms with Gasteiger partial charge in [0.1, 0.15) is 0 Å². The zero-order valence-corrected chi connectivity index (χ0v) is 17.5. The number of nitrogens with zero attached hydrogens (tertiary/aromatic N) is 3. The highest BCUT2D eigenvalue weighted by molar-refractivity contribution is 14.0. The van der Waals surface area contributed by atoms with Crippen molar-refractivity contribution in [1.82, 2.24) is 9.88 Å². The molecule has 0 bridgehead atoms. The first-order chi connectivity index (χ1) is 11.3. The molecule has 0 atom stereocenters. The average molecular weight is 474 g/mol. The number of halogens is 1. The number of aromatic nitrogens is 1. The third-order valence-corrected chi connectivity index (χ3v) is 5.71. The molecule has 1 aromatic heterocycles. The van der Waals surface area contributed by atoms with Crippen molar-refractivity contribution in [2.75, 3.05) is 24.6 Å². The third kappa shape index (κ3) is 5.93. The Labute approximate surface area is 169 Å². The van der Waals surface area contributed by atoms with Crippen molar-refractivity contribution in [2.45, 2.75) is 19.4 Å². The lowest BCUT2D eigenvalue weighted by atomic mass is 10.1. The molecule has 4 nitrogen and oxygen atoms in total. The quantitative estimate of drug-likeness (QED) is 0.410. The second kappa shape index (κ2) is 10.2. The van der Waals surface area contributed by atoms with E-state index in [1.807, 2.05) is 11.8 Å². The maximum atomic E-state index is 6.08. The number of hydrogen-bond donors (Lipinski definition) is 1. The van der Waals surface area contributed by atoms with Crippen LogP contribution < -0.4 is 5.73 Å². The van der Waals surface area contributed by atoms with E-state index < -0.39 is 0 Å². The zero-order chi connectivity index (χ0) is 15.9. The van der Waals surface area contributed by atoms with Crippen LogP contribution in [0.25, 0.3) is 0 Å². The fraction of sp³-hybridized carbons (Fsp3) is 0.412. The molecule has 0 unspecified atom stereocenters. The molecule has 3 rings (SSSR count). The molecule has 2 N–H and O–H groups in total. The number of thiazole rings is 1. The number of hydrogen-bond acceptors (Lipinski definition) is 4. The number of thioether (sulfide) groups is 1. The minimum absolute atomic E-state index is 0. The molecular formula is C17H23IN4S2. The Morgan fingerprint density at radius 3 is 2.67 bits per heavy atom. The van der Waals surface area contributed by atoms with Crippen LogP contribution >= 0.6 is 47.1 Å². The van der Waals surface area contributed by atoms with Gasteiger partial charge in [-0.05, 0) is 12.0 Å². The average Bonchev–Trinajstić information content (AvgIpc) is 3.07. The summed E-state index contributed by atoms with van der Waals surface area (Å²) in [5.41, 5.74) is 8.46. The fourth-order valence-corrected chi connectivity index (χ4v) is 4.18. The first-order valence-electron chi connectivity index (χ1n) is 7.91. The summed E-state index contributed by atoms with van der Waals surface area (Å²) in [7, 11) is 0. The summed E-state index contributed by atoms with van der Waals surface area (Å²) in [6.45, 7) is 2.58. The maximum Gasteiger partial charge on any atom is 0.191 e. The van der Waals surface area contributed by atoms with E-state index in [0.29, 0.717) is 12.5 Å². The van der Waals surface area contributed by atoms with E-state index in [1.165, 1.54) is 10.6 Å². The molecule has 0 saturated carbocycles. The van der Waals surface area contributed by atoms with Gasteiger partial charge in [0.2, 0.25) is 0 Å². The van der Waals surface area contributed by atoms with Crippen LogP contribution in [0.3, 0.4) is 0 Å². The largest absolute Gasteiger partial charge is 0.370 e. The second-order valence-corrected chi connectivity index (χ2v) is 7.66. The van der Waals surface area contributed by atoms with Crippen LogP contribution in [-0.4, -0.2) is 40.4 Å². The van der Waals surface area contributed by atoms with Crippen LogP contribution in [-0.2, 0) is 19.4 Å². The van der Waals surface area contributed by atoms with Crippen molar-refractivity contribution in [3.05, 3.63) is 52.0 Å². The van der Waals surface area contributed by atoms with Gasteiger partial charge in [-0.25, -0.2) is 9.98 Å². The standard InChI is InChI=1S/C17H22N4S2.HI/c18-17(21-8-10-22-11-9-21)19-12-15-13-23-16(20-15)7-6-14-4-2-1-3-5-14;/h1-5,13H,6-12H2,(H2,18,19);1H. The number of benzene rings is 1. The summed E-state index contributed by atoms with van der Waals surface area (Å²) in [6, 6.07) is 10.5. The van der Waals surface area contributed by atoms with Gasteiger partial charge >= 0.3 is 0 Å². The van der Waals surface area contributed by atoms with Gasteiger partial charge < -0.3 is 10.6 Å². The van der Waals surface area contributed by atoms with E-state index in [4.69, 9.17) is 5.73 Å². The Bertz CT molecular complexity index is 639. The van der Waals surface area contributed by atoms with Crippen LogP contribution in [0.5, 0.6) is 0 Å². The van der Waals surface area contributed by atoms with E-state index in [1.54, 1.807) is 11.3 Å². The summed E-state index contributed by atoms with van der Waals surface area (Å²) < 4.78 is 0. The topological polar surface area (TPSA) is 54.5 Å². The number of nitrogens with two attached hydrogens (primary N) is 1. The van der Waals surface area contributed by atoms with E-state index in [-0.39, 0.29) is 24.0 Å². The Morgan fingerprint density at radius 1 is 1.17 bits per heavy atom. The zero-order valence-electron chi connectivity index (χ0n) is 13.6. The molecule has 0 amide bonds. The summed E-state index contributed by atoms with van der Waals surface area (Å²) in [6.07, 6.45) is 2.02. The first kappa shape index (κ1) is 19.5. The van der Waals surface area contributed by atoms with E-state index >= 15 is 0 Å². The molecule has 1 aliphatic rings. The van der Waals surface area contributed by atoms with E-state index in [0.717, 1.165) is 43.1 Å². The highest BCUT2D eigenvalue weighted by atomic mass is 127. The highest BCUT2D eigenvalue weighted by Gasteiger charge is 2.12. The number of aryl methyl sites for hydroxylation is 2. The second-order valence-electron chi connectivity index (χ2n) is 5.49. The van der Waals surface area contributed by atoms with Crippen LogP contribution in [0.15, 0.2) is 40.7 Å². The molecular weight excluding hydrogens is 451 g/mol. The minimum atomic E-state index is 0. The molecule has 1 saturated heterocycles. The first-order valence-corrected chi connectivity index (χ1v) is 9.94. The number of rotatable bonds is 5. The van der Waals surface area contributed by atoms with Crippen molar-refractivity contribution < 1.29 is 0 Å². The smallest absolute Gasteiger partial charge is 0.191 e. The molecule has 1 aliphatic heterocycles. The lowest BCUT2D eigenvalue weighted by Gasteiger charge is -2.27. The third-order valence-electron chi connectivity index (χ3n) is 3.81. The molecule has 0 aliphatic carbocycles. The monoisotopic (exact) mass is 474 g/mol. The Hall–Kier alpha value is -0.800. The highest BCUT2D eigenvalue weighted by Crippen LogP contribution is 2.14. The molecule has 1 aromatic carbocycles. The van der Waals surface area contributed by atoms with Gasteiger partial charge in [0.25, 0.3) is 0 Å². The lowest BCUT2D eigenvalue weighted by Crippen LogP contribution is -2.42. The lowest BCUT2D eigenvalue weighted by molar-refractivity contribution is 0.455. The molecule has 130 valence electrons. The van der Waals surface area contributed by atoms with Gasteiger partial charge in [-0.2, -0.15) is 11.8 Å². The molecule has 0 spiro atoms. The molecule has 2 heterocycles. The molecule has 2 aromatic rings.